The highest BCUT2D eigenvalue weighted by Crippen LogP contribution is 2.25. The van der Waals surface area contributed by atoms with Gasteiger partial charge in [-0.15, -0.1) is 0 Å². The molecule has 0 bridgehead atoms. The van der Waals surface area contributed by atoms with Crippen LogP contribution in [0.4, 0.5) is 5.69 Å². The van der Waals surface area contributed by atoms with Gasteiger partial charge in [0.2, 0.25) is 0 Å². The molecule has 33 heavy (non-hydrogen) atoms. The summed E-state index contributed by atoms with van der Waals surface area (Å²) in [6.45, 7) is 11.2. The number of ether oxygens (including phenoxy) is 2. The number of anilines is 1. The molecule has 3 rings (SSSR count). The molecule has 0 amide bonds. The van der Waals surface area contributed by atoms with Crippen LogP contribution in [0, 0.1) is 19.3 Å². The molecule has 0 aliphatic rings. The minimum atomic E-state index is 0.192. The quantitative estimate of drug-likeness (QED) is 0.275. The van der Waals surface area contributed by atoms with Crippen LogP contribution in [0.3, 0.4) is 0 Å². The van der Waals surface area contributed by atoms with E-state index >= 15 is 0 Å². The van der Waals surface area contributed by atoms with E-state index in [-0.39, 0.29) is 5.41 Å². The molecule has 0 aliphatic carbocycles. The van der Waals surface area contributed by atoms with E-state index in [2.05, 4.69) is 106 Å². The molecule has 0 atom stereocenters. The summed E-state index contributed by atoms with van der Waals surface area (Å²) in [6.07, 6.45) is 4.21. The van der Waals surface area contributed by atoms with Crippen LogP contribution >= 0.6 is 0 Å². The van der Waals surface area contributed by atoms with E-state index in [9.17, 15) is 0 Å². The average molecular weight is 446 g/mol. The Balaban J connectivity index is 1.33. The zero-order valence-electron chi connectivity index (χ0n) is 20.7. The Bertz CT molecular complexity index is 964. The van der Waals surface area contributed by atoms with Gasteiger partial charge in [-0.3, -0.25) is 0 Å². The van der Waals surface area contributed by atoms with Crippen molar-refractivity contribution in [2.75, 3.05) is 25.1 Å². The third kappa shape index (κ3) is 8.84. The SMILES string of the molecule is Cc1ccc(C)c(OCCCC(C)(C)CNc2ccc(OCCCc3ccccc3)cc2)c1. The lowest BCUT2D eigenvalue weighted by Gasteiger charge is -2.25. The average Bonchev–Trinajstić information content (AvgIpc) is 2.82. The number of nitrogens with one attached hydrogen (secondary N) is 1. The minimum Gasteiger partial charge on any atom is -0.494 e. The molecule has 3 heteroatoms. The molecule has 3 nitrogen and oxygen atoms in total. The van der Waals surface area contributed by atoms with Gasteiger partial charge < -0.3 is 14.8 Å². The highest BCUT2D eigenvalue weighted by Gasteiger charge is 2.17. The van der Waals surface area contributed by atoms with Gasteiger partial charge in [0, 0.05) is 12.2 Å². The van der Waals surface area contributed by atoms with Crippen molar-refractivity contribution in [3.8, 4) is 11.5 Å². The summed E-state index contributed by atoms with van der Waals surface area (Å²) in [4.78, 5) is 0. The fraction of sp³-hybridized carbons (Fsp3) is 0.400. The number of hydrogen-bond donors (Lipinski definition) is 1. The van der Waals surface area contributed by atoms with E-state index in [4.69, 9.17) is 9.47 Å². The van der Waals surface area contributed by atoms with Crippen molar-refractivity contribution in [1.29, 1.82) is 0 Å². The number of rotatable bonds is 13. The number of hydrogen-bond acceptors (Lipinski definition) is 3. The predicted octanol–water partition coefficient (Wildman–Crippen LogP) is 7.61. The first-order valence-electron chi connectivity index (χ1n) is 12.1. The highest BCUT2D eigenvalue weighted by molar-refractivity contribution is 5.46. The molecule has 0 aliphatic heterocycles. The maximum atomic E-state index is 6.02. The van der Waals surface area contributed by atoms with E-state index in [1.54, 1.807) is 0 Å². The zero-order valence-corrected chi connectivity index (χ0v) is 20.7. The lowest BCUT2D eigenvalue weighted by atomic mass is 9.88. The van der Waals surface area contributed by atoms with Gasteiger partial charge in [-0.25, -0.2) is 0 Å². The number of aryl methyl sites for hydroxylation is 3. The molecule has 0 unspecified atom stereocenters. The molecule has 3 aromatic rings. The fourth-order valence-corrected chi connectivity index (χ4v) is 3.81. The van der Waals surface area contributed by atoms with Gasteiger partial charge in [0.05, 0.1) is 13.2 Å². The third-order valence-electron chi connectivity index (χ3n) is 5.95. The predicted molar refractivity (Wildman–Crippen MR) is 140 cm³/mol. The van der Waals surface area contributed by atoms with E-state index in [0.29, 0.717) is 0 Å². The summed E-state index contributed by atoms with van der Waals surface area (Å²) in [5.41, 5.74) is 5.12. The molecule has 0 aromatic heterocycles. The van der Waals surface area contributed by atoms with Crippen LogP contribution in [0.1, 0.15) is 49.8 Å². The summed E-state index contributed by atoms with van der Waals surface area (Å²) in [5.74, 6) is 1.93. The van der Waals surface area contributed by atoms with Crippen LogP contribution in [0.15, 0.2) is 72.8 Å². The van der Waals surface area contributed by atoms with Crippen molar-refractivity contribution in [3.63, 3.8) is 0 Å². The molecule has 3 aromatic carbocycles. The lowest BCUT2D eigenvalue weighted by Crippen LogP contribution is -2.23. The topological polar surface area (TPSA) is 30.5 Å². The van der Waals surface area contributed by atoms with Crippen LogP contribution in [-0.4, -0.2) is 19.8 Å². The Morgan fingerprint density at radius 3 is 2.27 bits per heavy atom. The molecule has 1 N–H and O–H groups in total. The summed E-state index contributed by atoms with van der Waals surface area (Å²) in [7, 11) is 0. The lowest BCUT2D eigenvalue weighted by molar-refractivity contribution is 0.263. The molecule has 0 saturated carbocycles. The van der Waals surface area contributed by atoms with Crippen molar-refractivity contribution < 1.29 is 9.47 Å². The second kappa shape index (κ2) is 12.3. The van der Waals surface area contributed by atoms with Gasteiger partial charge in [0.25, 0.3) is 0 Å². The van der Waals surface area contributed by atoms with E-state index in [0.717, 1.165) is 62.6 Å². The van der Waals surface area contributed by atoms with Gasteiger partial charge in [0.1, 0.15) is 11.5 Å². The molecule has 176 valence electrons. The fourth-order valence-electron chi connectivity index (χ4n) is 3.81. The van der Waals surface area contributed by atoms with Crippen LogP contribution in [0.25, 0.3) is 0 Å². The first-order valence-corrected chi connectivity index (χ1v) is 12.1. The summed E-state index contributed by atoms with van der Waals surface area (Å²) < 4.78 is 11.9. The van der Waals surface area contributed by atoms with Crippen LogP contribution in [0.2, 0.25) is 0 Å². The Morgan fingerprint density at radius 1 is 0.788 bits per heavy atom. The molecule has 0 fully saturated rings. The van der Waals surface area contributed by atoms with Crippen molar-refractivity contribution in [1.82, 2.24) is 0 Å². The van der Waals surface area contributed by atoms with Crippen LogP contribution < -0.4 is 14.8 Å². The summed E-state index contributed by atoms with van der Waals surface area (Å²) in [6, 6.07) is 25.2. The maximum Gasteiger partial charge on any atom is 0.122 e. The van der Waals surface area contributed by atoms with Crippen molar-refractivity contribution in [2.24, 2.45) is 5.41 Å². The monoisotopic (exact) mass is 445 g/mol. The molecule has 0 heterocycles. The maximum absolute atomic E-state index is 6.02. The zero-order chi connectivity index (χ0) is 23.5. The summed E-state index contributed by atoms with van der Waals surface area (Å²) >= 11 is 0. The van der Waals surface area contributed by atoms with E-state index in [1.165, 1.54) is 16.7 Å². The first-order chi connectivity index (χ1) is 15.9. The van der Waals surface area contributed by atoms with E-state index in [1.807, 2.05) is 0 Å². The van der Waals surface area contributed by atoms with Crippen LogP contribution in [-0.2, 0) is 6.42 Å². The Morgan fingerprint density at radius 2 is 1.52 bits per heavy atom. The highest BCUT2D eigenvalue weighted by atomic mass is 16.5. The summed E-state index contributed by atoms with van der Waals surface area (Å²) in [5, 5.41) is 3.58. The largest absolute Gasteiger partial charge is 0.494 e. The smallest absolute Gasteiger partial charge is 0.122 e. The molecular weight excluding hydrogens is 406 g/mol. The standard InChI is InChI=1S/C30H39NO2/c1-24-13-14-25(2)29(22-24)33-21-9-19-30(3,4)23-31-27-15-17-28(18-16-27)32-20-8-12-26-10-6-5-7-11-26/h5-7,10-11,13-18,22,31H,8-9,12,19-21,23H2,1-4H3. The van der Waals surface area contributed by atoms with Gasteiger partial charge in [-0.1, -0.05) is 56.3 Å². The second-order valence-corrected chi connectivity index (χ2v) is 9.70. The van der Waals surface area contributed by atoms with Crippen molar-refractivity contribution in [3.05, 3.63) is 89.5 Å². The Kier molecular flexibility index (Phi) is 9.24. The Labute approximate surface area is 200 Å². The van der Waals surface area contributed by atoms with Crippen molar-refractivity contribution >= 4 is 5.69 Å². The normalized spacial score (nSPS) is 11.3. The molecule has 0 spiro atoms. The minimum absolute atomic E-state index is 0.192. The van der Waals surface area contributed by atoms with Crippen LogP contribution in [0.5, 0.6) is 11.5 Å². The van der Waals surface area contributed by atoms with Gasteiger partial charge >= 0.3 is 0 Å². The van der Waals surface area contributed by atoms with Gasteiger partial charge in [-0.05, 0) is 92.0 Å². The molecule has 0 radical (unpaired) electrons. The molecule has 0 saturated heterocycles. The molecular formula is C30H39NO2. The second-order valence-electron chi connectivity index (χ2n) is 9.70. The van der Waals surface area contributed by atoms with Gasteiger partial charge in [-0.2, -0.15) is 0 Å². The Hall–Kier alpha value is -2.94. The van der Waals surface area contributed by atoms with Crippen molar-refractivity contribution in [2.45, 2.75) is 53.4 Å². The number of benzene rings is 3. The van der Waals surface area contributed by atoms with Gasteiger partial charge in [0.15, 0.2) is 0 Å². The van der Waals surface area contributed by atoms with E-state index < -0.39 is 0 Å². The third-order valence-corrected chi connectivity index (χ3v) is 5.95. The first kappa shape index (κ1) is 24.7.